The van der Waals surface area contributed by atoms with Gasteiger partial charge in [-0.2, -0.15) is 0 Å². The molecule has 19 heavy (non-hydrogen) atoms. The summed E-state index contributed by atoms with van der Waals surface area (Å²) in [4.78, 5) is 0. The van der Waals surface area contributed by atoms with Gasteiger partial charge in [0.05, 0.1) is 0 Å². The van der Waals surface area contributed by atoms with Crippen molar-refractivity contribution in [3.63, 3.8) is 0 Å². The van der Waals surface area contributed by atoms with Gasteiger partial charge in [0.25, 0.3) is 0 Å². The lowest BCUT2D eigenvalue weighted by Crippen LogP contribution is -2.53. The van der Waals surface area contributed by atoms with E-state index in [0.29, 0.717) is 0 Å². The van der Waals surface area contributed by atoms with Crippen LogP contribution in [0.25, 0.3) is 0 Å². The maximum Gasteiger partial charge on any atom is -0.0264 e. The molecule has 0 aromatic rings. The van der Waals surface area contributed by atoms with Crippen molar-refractivity contribution in [2.45, 2.75) is 84.5 Å². The molecular formula is C19H32. The van der Waals surface area contributed by atoms with Crippen LogP contribution < -0.4 is 0 Å². The molecule has 4 aliphatic carbocycles. The van der Waals surface area contributed by atoms with Gasteiger partial charge in [0.2, 0.25) is 0 Å². The molecule has 0 nitrogen and oxygen atoms in total. The average Bonchev–Trinajstić information content (AvgIpc) is 2.81. The fourth-order valence-corrected chi connectivity index (χ4v) is 7.26. The number of hydrogen-bond acceptors (Lipinski definition) is 0. The van der Waals surface area contributed by atoms with E-state index >= 15 is 0 Å². The van der Waals surface area contributed by atoms with Gasteiger partial charge in [-0.25, -0.2) is 0 Å². The second kappa shape index (κ2) is 4.25. The van der Waals surface area contributed by atoms with Crippen LogP contribution in [0.5, 0.6) is 0 Å². The Bertz CT molecular complexity index is 359. The molecule has 108 valence electrons. The minimum absolute atomic E-state index is 0.734. The minimum atomic E-state index is 0.734. The van der Waals surface area contributed by atoms with E-state index in [0.717, 1.165) is 34.5 Å². The van der Waals surface area contributed by atoms with Crippen molar-refractivity contribution >= 4 is 0 Å². The molecule has 0 amide bonds. The molecule has 0 radical (unpaired) electrons. The molecule has 4 aliphatic rings. The third kappa shape index (κ3) is 1.70. The number of hydrogen-bond donors (Lipinski definition) is 0. The van der Waals surface area contributed by atoms with Crippen LogP contribution in [-0.4, -0.2) is 0 Å². The molecular weight excluding hydrogens is 228 g/mol. The molecule has 0 aromatic heterocycles. The standard InChI is InChI=1S/C19H32/c1-18-11-5-8-16(18)17-10-9-14-6-3-4-7-15(14)19(17,2)13-12-18/h14-17H,3-13H2,1-2H3/t14?,15?,16?,17?,18-,19-/m0/s1. The monoisotopic (exact) mass is 260 g/mol. The zero-order chi connectivity index (χ0) is 13.1. The first-order valence-corrected chi connectivity index (χ1v) is 9.13. The maximum absolute atomic E-state index is 2.72. The van der Waals surface area contributed by atoms with Gasteiger partial charge in [0, 0.05) is 0 Å². The van der Waals surface area contributed by atoms with Crippen molar-refractivity contribution in [3.05, 3.63) is 0 Å². The van der Waals surface area contributed by atoms with Crippen molar-refractivity contribution in [1.29, 1.82) is 0 Å². The highest BCUT2D eigenvalue weighted by Crippen LogP contribution is 2.67. The Labute approximate surface area is 119 Å². The summed E-state index contributed by atoms with van der Waals surface area (Å²) in [6.45, 7) is 5.36. The van der Waals surface area contributed by atoms with Crippen LogP contribution >= 0.6 is 0 Å². The van der Waals surface area contributed by atoms with Gasteiger partial charge in [0.1, 0.15) is 0 Å². The average molecular weight is 260 g/mol. The SMILES string of the molecule is C[C@@]12CCCC1C1CCC3CCCCC3[C@]1(C)CC2. The summed E-state index contributed by atoms with van der Waals surface area (Å²) in [5.74, 6) is 4.40. The van der Waals surface area contributed by atoms with E-state index in [4.69, 9.17) is 0 Å². The first kappa shape index (κ1) is 12.7. The quantitative estimate of drug-likeness (QED) is 0.515. The number of fused-ring (bicyclic) bond motifs is 5. The molecule has 0 saturated heterocycles. The van der Waals surface area contributed by atoms with E-state index in [2.05, 4.69) is 13.8 Å². The Balaban J connectivity index is 1.66. The fourth-order valence-electron chi connectivity index (χ4n) is 7.26. The van der Waals surface area contributed by atoms with Crippen LogP contribution in [-0.2, 0) is 0 Å². The van der Waals surface area contributed by atoms with E-state index in [1.165, 1.54) is 19.3 Å². The molecule has 4 unspecified atom stereocenters. The Hall–Kier alpha value is 0. The van der Waals surface area contributed by atoms with Crippen LogP contribution in [0.1, 0.15) is 84.5 Å². The highest BCUT2D eigenvalue weighted by atomic mass is 14.6. The van der Waals surface area contributed by atoms with Gasteiger partial charge in [-0.3, -0.25) is 0 Å². The Morgan fingerprint density at radius 2 is 1.42 bits per heavy atom. The minimum Gasteiger partial charge on any atom is -0.0594 e. The largest absolute Gasteiger partial charge is 0.0594 e. The van der Waals surface area contributed by atoms with Gasteiger partial charge in [-0.15, -0.1) is 0 Å². The second-order valence-corrected chi connectivity index (χ2v) is 8.99. The van der Waals surface area contributed by atoms with E-state index in [9.17, 15) is 0 Å². The molecule has 0 heteroatoms. The highest BCUT2D eigenvalue weighted by Gasteiger charge is 2.58. The van der Waals surface area contributed by atoms with Gasteiger partial charge >= 0.3 is 0 Å². The maximum atomic E-state index is 2.72. The lowest BCUT2D eigenvalue weighted by atomic mass is 9.44. The van der Waals surface area contributed by atoms with Gasteiger partial charge in [0.15, 0.2) is 0 Å². The van der Waals surface area contributed by atoms with Crippen LogP contribution in [0.15, 0.2) is 0 Å². The van der Waals surface area contributed by atoms with Crippen molar-refractivity contribution < 1.29 is 0 Å². The molecule has 0 bridgehead atoms. The Morgan fingerprint density at radius 3 is 2.32 bits per heavy atom. The van der Waals surface area contributed by atoms with E-state index in [1.807, 2.05) is 0 Å². The summed E-state index contributed by atoms with van der Waals surface area (Å²) in [6.07, 6.45) is 17.1. The van der Waals surface area contributed by atoms with Crippen LogP contribution in [0.4, 0.5) is 0 Å². The molecule has 0 N–H and O–H groups in total. The topological polar surface area (TPSA) is 0 Å². The van der Waals surface area contributed by atoms with Crippen LogP contribution in [0.2, 0.25) is 0 Å². The molecule has 6 atom stereocenters. The first-order valence-electron chi connectivity index (χ1n) is 9.13. The molecule has 4 fully saturated rings. The third-order valence-corrected chi connectivity index (χ3v) is 8.33. The molecule has 0 heterocycles. The van der Waals surface area contributed by atoms with Crippen molar-refractivity contribution in [2.24, 2.45) is 34.5 Å². The summed E-state index contributed by atoms with van der Waals surface area (Å²) >= 11 is 0. The van der Waals surface area contributed by atoms with Crippen molar-refractivity contribution in [3.8, 4) is 0 Å². The van der Waals surface area contributed by atoms with E-state index in [1.54, 1.807) is 51.4 Å². The van der Waals surface area contributed by atoms with Crippen LogP contribution in [0.3, 0.4) is 0 Å². The van der Waals surface area contributed by atoms with Gasteiger partial charge in [-0.1, -0.05) is 39.5 Å². The van der Waals surface area contributed by atoms with E-state index in [-0.39, 0.29) is 0 Å². The predicted octanol–water partition coefficient (Wildman–Crippen LogP) is 5.81. The first-order chi connectivity index (χ1) is 9.13. The number of rotatable bonds is 0. The third-order valence-electron chi connectivity index (χ3n) is 8.33. The molecule has 0 spiro atoms. The lowest BCUT2D eigenvalue weighted by Gasteiger charge is -2.61. The second-order valence-electron chi connectivity index (χ2n) is 8.99. The normalized spacial score (nSPS) is 57.2. The zero-order valence-electron chi connectivity index (χ0n) is 13.1. The highest BCUT2D eigenvalue weighted by molar-refractivity contribution is 5.07. The summed E-state index contributed by atoms with van der Waals surface area (Å²) in [5, 5.41) is 0. The summed E-state index contributed by atoms with van der Waals surface area (Å²) in [6, 6.07) is 0. The molecule has 0 aliphatic heterocycles. The smallest absolute Gasteiger partial charge is 0.0264 e. The zero-order valence-corrected chi connectivity index (χ0v) is 13.1. The Kier molecular flexibility index (Phi) is 2.84. The van der Waals surface area contributed by atoms with Crippen molar-refractivity contribution in [1.82, 2.24) is 0 Å². The fraction of sp³-hybridized carbons (Fsp3) is 1.00. The molecule has 4 rings (SSSR count). The lowest BCUT2D eigenvalue weighted by molar-refractivity contribution is -0.115. The Morgan fingerprint density at radius 1 is 0.632 bits per heavy atom. The predicted molar refractivity (Wildman–Crippen MR) is 81.0 cm³/mol. The summed E-state index contributed by atoms with van der Waals surface area (Å²) in [5.41, 5.74) is 1.48. The summed E-state index contributed by atoms with van der Waals surface area (Å²) in [7, 11) is 0. The van der Waals surface area contributed by atoms with Crippen molar-refractivity contribution in [2.75, 3.05) is 0 Å². The van der Waals surface area contributed by atoms with E-state index < -0.39 is 0 Å². The summed E-state index contributed by atoms with van der Waals surface area (Å²) < 4.78 is 0. The molecule has 4 saturated carbocycles. The van der Waals surface area contributed by atoms with Gasteiger partial charge < -0.3 is 0 Å². The van der Waals surface area contributed by atoms with Crippen LogP contribution in [0, 0.1) is 34.5 Å². The van der Waals surface area contributed by atoms with Gasteiger partial charge in [-0.05, 0) is 79.4 Å². The molecule has 0 aromatic carbocycles.